The van der Waals surface area contributed by atoms with E-state index in [1.807, 2.05) is 24.3 Å². The maximum atomic E-state index is 11.2. The molecule has 2 heterocycles. The molecule has 94 valence electrons. The molecule has 1 spiro atoms. The number of rotatable bonds is 0. The van der Waals surface area contributed by atoms with Gasteiger partial charge in [-0.1, -0.05) is 24.3 Å². The fourth-order valence-corrected chi connectivity index (χ4v) is 2.23. The van der Waals surface area contributed by atoms with Crippen LogP contribution in [0.1, 0.15) is 0 Å². The van der Waals surface area contributed by atoms with Crippen LogP contribution >= 0.6 is 0 Å². The molecule has 0 bridgehead atoms. The minimum Gasteiger partial charge on any atom is -0.414 e. The number of nitrogens with one attached hydrogen (secondary N) is 2. The quantitative estimate of drug-likeness (QED) is 0.672. The number of hydrogen-bond acceptors (Lipinski definition) is 4. The normalized spacial score (nSPS) is 18.7. The third-order valence-corrected chi connectivity index (χ3v) is 3.08. The van der Waals surface area contributed by atoms with Crippen molar-refractivity contribution in [3.8, 4) is 11.5 Å². The lowest BCUT2D eigenvalue weighted by Crippen LogP contribution is -2.57. The van der Waals surface area contributed by atoms with Crippen LogP contribution in [-0.2, 0) is 9.59 Å². The van der Waals surface area contributed by atoms with Gasteiger partial charge in [-0.25, -0.2) is 0 Å². The van der Waals surface area contributed by atoms with E-state index in [1.165, 1.54) is 0 Å². The van der Waals surface area contributed by atoms with Gasteiger partial charge in [-0.2, -0.15) is 0 Å². The van der Waals surface area contributed by atoms with Crippen molar-refractivity contribution in [1.82, 2.24) is 10.6 Å². The standard InChI is InChI=1S/C13H8N2O4/c16-11-12(17)15-13(14-11)18-9-5-7-3-1-2-4-8(7)6-10(9)19-13/h1-6H,(H,14,16)(H,15,17). The van der Waals surface area contributed by atoms with E-state index in [0.29, 0.717) is 11.5 Å². The van der Waals surface area contributed by atoms with Gasteiger partial charge in [0.2, 0.25) is 0 Å². The topological polar surface area (TPSA) is 76.7 Å². The highest BCUT2D eigenvalue weighted by atomic mass is 16.8. The number of benzene rings is 2. The Morgan fingerprint density at radius 2 is 1.32 bits per heavy atom. The molecular formula is C13H8N2O4. The Bertz CT molecular complexity index is 678. The smallest absolute Gasteiger partial charge is 0.414 e. The second-order valence-electron chi connectivity index (χ2n) is 4.38. The van der Waals surface area contributed by atoms with Crippen LogP contribution in [-0.4, -0.2) is 17.8 Å². The predicted octanol–water partition coefficient (Wildman–Crippen LogP) is 0.468. The molecule has 0 saturated carbocycles. The molecule has 0 atom stereocenters. The molecule has 0 aromatic heterocycles. The summed E-state index contributed by atoms with van der Waals surface area (Å²) in [6.45, 7) is 0. The van der Waals surface area contributed by atoms with Gasteiger partial charge in [-0.05, 0) is 22.9 Å². The average molecular weight is 256 g/mol. The molecule has 4 rings (SSSR count). The number of amides is 2. The van der Waals surface area contributed by atoms with Crippen LogP contribution in [0.4, 0.5) is 0 Å². The van der Waals surface area contributed by atoms with E-state index < -0.39 is 17.8 Å². The average Bonchev–Trinajstić information content (AvgIpc) is 2.85. The number of ether oxygens (including phenoxy) is 2. The zero-order valence-corrected chi connectivity index (χ0v) is 9.60. The van der Waals surface area contributed by atoms with E-state index in [4.69, 9.17) is 9.47 Å². The van der Waals surface area contributed by atoms with E-state index in [9.17, 15) is 9.59 Å². The van der Waals surface area contributed by atoms with Crippen molar-refractivity contribution in [3.05, 3.63) is 36.4 Å². The van der Waals surface area contributed by atoms with Crippen molar-refractivity contribution in [1.29, 1.82) is 0 Å². The lowest BCUT2D eigenvalue weighted by molar-refractivity contribution is -0.135. The Balaban J connectivity index is 1.80. The van der Waals surface area contributed by atoms with Gasteiger partial charge in [0.25, 0.3) is 0 Å². The molecule has 2 aliphatic rings. The summed E-state index contributed by atoms with van der Waals surface area (Å²) >= 11 is 0. The monoisotopic (exact) mass is 256 g/mol. The van der Waals surface area contributed by atoms with E-state index >= 15 is 0 Å². The van der Waals surface area contributed by atoms with Crippen molar-refractivity contribution in [3.63, 3.8) is 0 Å². The fourth-order valence-electron chi connectivity index (χ4n) is 2.23. The van der Waals surface area contributed by atoms with Gasteiger partial charge in [0, 0.05) is 0 Å². The third kappa shape index (κ3) is 1.36. The molecule has 19 heavy (non-hydrogen) atoms. The van der Waals surface area contributed by atoms with Gasteiger partial charge < -0.3 is 9.47 Å². The van der Waals surface area contributed by atoms with Crippen LogP contribution in [0.25, 0.3) is 10.8 Å². The summed E-state index contributed by atoms with van der Waals surface area (Å²) in [4.78, 5) is 22.5. The summed E-state index contributed by atoms with van der Waals surface area (Å²) in [6, 6.07) is 9.71. The van der Waals surface area contributed by atoms with Crippen LogP contribution in [0, 0.1) is 0 Å². The maximum Gasteiger partial charge on any atom is 0.435 e. The van der Waals surface area contributed by atoms with Gasteiger partial charge in [-0.15, -0.1) is 0 Å². The second kappa shape index (κ2) is 3.17. The summed E-state index contributed by atoms with van der Waals surface area (Å²) in [6.07, 6.45) is 0. The Hall–Kier alpha value is -2.76. The van der Waals surface area contributed by atoms with Crippen LogP contribution in [0.15, 0.2) is 36.4 Å². The van der Waals surface area contributed by atoms with Gasteiger partial charge in [-0.3, -0.25) is 20.2 Å². The van der Waals surface area contributed by atoms with Crippen molar-refractivity contribution in [2.45, 2.75) is 6.03 Å². The Morgan fingerprint density at radius 3 is 1.79 bits per heavy atom. The lowest BCUT2D eigenvalue weighted by atomic mass is 10.1. The summed E-state index contributed by atoms with van der Waals surface area (Å²) in [5.41, 5.74) is 0. The first-order valence-electron chi connectivity index (χ1n) is 5.71. The molecule has 2 aliphatic heterocycles. The molecule has 2 N–H and O–H groups in total. The predicted molar refractivity (Wildman–Crippen MR) is 64.2 cm³/mol. The molecule has 0 radical (unpaired) electrons. The minimum atomic E-state index is -1.60. The van der Waals surface area contributed by atoms with Crippen LogP contribution in [0.5, 0.6) is 11.5 Å². The first kappa shape index (κ1) is 10.2. The molecule has 2 aromatic carbocycles. The number of carbonyl (C=O) groups excluding carboxylic acids is 2. The van der Waals surface area contributed by atoms with Crippen molar-refractivity contribution in [2.75, 3.05) is 0 Å². The Morgan fingerprint density at radius 1 is 0.842 bits per heavy atom. The SMILES string of the molecule is O=C1NC2(NC1=O)Oc1cc3ccccc3cc1O2. The molecule has 2 amide bonds. The highest BCUT2D eigenvalue weighted by Crippen LogP contribution is 2.41. The van der Waals surface area contributed by atoms with E-state index in [-0.39, 0.29) is 0 Å². The lowest BCUT2D eigenvalue weighted by Gasteiger charge is -2.19. The molecule has 2 aromatic rings. The number of hydrogen-bond donors (Lipinski definition) is 2. The van der Waals surface area contributed by atoms with Gasteiger partial charge in [0.05, 0.1) is 0 Å². The zero-order valence-electron chi connectivity index (χ0n) is 9.60. The Kier molecular flexibility index (Phi) is 1.70. The largest absolute Gasteiger partial charge is 0.435 e. The van der Waals surface area contributed by atoms with E-state index in [0.717, 1.165) is 10.8 Å². The molecule has 1 saturated heterocycles. The Labute approximate surface area is 107 Å². The molecule has 1 fully saturated rings. The molecule has 0 aliphatic carbocycles. The second-order valence-corrected chi connectivity index (χ2v) is 4.38. The highest BCUT2D eigenvalue weighted by molar-refractivity contribution is 6.37. The zero-order chi connectivity index (χ0) is 13.0. The highest BCUT2D eigenvalue weighted by Gasteiger charge is 2.52. The number of carbonyl (C=O) groups is 2. The van der Waals surface area contributed by atoms with Crippen molar-refractivity contribution in [2.24, 2.45) is 0 Å². The molecule has 0 unspecified atom stereocenters. The van der Waals surface area contributed by atoms with E-state index in [1.54, 1.807) is 12.1 Å². The van der Waals surface area contributed by atoms with E-state index in [2.05, 4.69) is 10.6 Å². The summed E-state index contributed by atoms with van der Waals surface area (Å²) in [7, 11) is 0. The first-order chi connectivity index (χ1) is 9.15. The minimum absolute atomic E-state index is 0.473. The van der Waals surface area contributed by atoms with Crippen molar-refractivity contribution >= 4 is 22.6 Å². The van der Waals surface area contributed by atoms with Crippen LogP contribution < -0.4 is 20.1 Å². The summed E-state index contributed by atoms with van der Waals surface area (Å²) in [5.74, 6) is -0.614. The third-order valence-electron chi connectivity index (χ3n) is 3.08. The van der Waals surface area contributed by atoms with Gasteiger partial charge in [0.1, 0.15) is 0 Å². The van der Waals surface area contributed by atoms with Gasteiger partial charge >= 0.3 is 17.8 Å². The van der Waals surface area contributed by atoms with Crippen LogP contribution in [0.3, 0.4) is 0 Å². The fraction of sp³-hybridized carbons (Fsp3) is 0.0769. The summed E-state index contributed by atoms with van der Waals surface area (Å²) in [5, 5.41) is 6.64. The molecule has 6 heteroatoms. The molecule has 6 nitrogen and oxygen atoms in total. The van der Waals surface area contributed by atoms with Crippen molar-refractivity contribution < 1.29 is 19.1 Å². The molecular weight excluding hydrogens is 248 g/mol. The number of fused-ring (bicyclic) bond motifs is 2. The first-order valence-corrected chi connectivity index (χ1v) is 5.71. The summed E-state index contributed by atoms with van der Waals surface area (Å²) < 4.78 is 11.0. The maximum absolute atomic E-state index is 11.2. The van der Waals surface area contributed by atoms with Gasteiger partial charge in [0.15, 0.2) is 11.5 Å². The van der Waals surface area contributed by atoms with Crippen LogP contribution in [0.2, 0.25) is 0 Å².